The molecule has 5 aromatic carbocycles. The normalized spacial score (nSPS) is 21.7. The van der Waals surface area contributed by atoms with Crippen LogP contribution in [0.15, 0.2) is 66.7 Å². The van der Waals surface area contributed by atoms with Crippen LogP contribution in [0.4, 0.5) is 13.2 Å². The number of hydrogen-bond donors (Lipinski definition) is 0. The van der Waals surface area contributed by atoms with Gasteiger partial charge in [0.25, 0.3) is 0 Å². The molecule has 0 amide bonds. The van der Waals surface area contributed by atoms with E-state index in [0.717, 1.165) is 49.1 Å². The average Bonchev–Trinajstić information content (AvgIpc) is 3.32. The number of hydrogen-bond acceptors (Lipinski definition) is 3. The summed E-state index contributed by atoms with van der Waals surface area (Å²) in [4.78, 5) is 0. The van der Waals surface area contributed by atoms with Gasteiger partial charge in [0.1, 0.15) is 17.5 Å². The Hall–Kier alpha value is -4.23. The van der Waals surface area contributed by atoms with Crippen molar-refractivity contribution in [2.75, 3.05) is 19.8 Å². The van der Waals surface area contributed by atoms with E-state index in [-0.39, 0.29) is 17.7 Å². The van der Waals surface area contributed by atoms with Crippen LogP contribution in [0.3, 0.4) is 0 Å². The molecule has 0 bridgehead atoms. The molecule has 5 unspecified atom stereocenters. The maximum Gasteiger partial charge on any atom is 0.154 e. The summed E-state index contributed by atoms with van der Waals surface area (Å²) < 4.78 is 53.5. The lowest BCUT2D eigenvalue weighted by Crippen LogP contribution is -2.27. The first-order chi connectivity index (χ1) is 33.8. The van der Waals surface area contributed by atoms with Crippen molar-refractivity contribution in [1.29, 1.82) is 0 Å². The van der Waals surface area contributed by atoms with Crippen LogP contribution in [0.2, 0.25) is 0 Å². The van der Waals surface area contributed by atoms with Crippen molar-refractivity contribution in [3.63, 3.8) is 0 Å². The predicted molar refractivity (Wildman–Crippen MR) is 300 cm³/mol. The maximum absolute atomic E-state index is 12.6. The third kappa shape index (κ3) is 20.6. The number of fused-ring (bicyclic) bond motifs is 2. The van der Waals surface area contributed by atoms with E-state index in [9.17, 15) is 13.2 Å². The van der Waals surface area contributed by atoms with Gasteiger partial charge in [0.2, 0.25) is 0 Å². The van der Waals surface area contributed by atoms with Gasteiger partial charge in [-0.3, -0.25) is 0 Å². The molecule has 398 valence electrons. The van der Waals surface area contributed by atoms with Gasteiger partial charge < -0.3 is 14.2 Å². The molecule has 0 radical (unpaired) electrons. The summed E-state index contributed by atoms with van der Waals surface area (Å²) in [6.45, 7) is 42.7. The Labute approximate surface area is 437 Å². The zero-order chi connectivity index (χ0) is 54.0. The molecule has 2 aliphatic heterocycles. The van der Waals surface area contributed by atoms with Crippen molar-refractivity contribution in [2.24, 2.45) is 23.7 Å². The SMILES string of the molecule is CC1CCC(C)OC1.CC1COC(C)OC1.Cc1cc(F)c(C)c(F)c1.Cc1cc2c(c(C)c1C)C(C)CC(C)C2.Cc1cc2c(c(C)c1C)CCC(C)C2.Cc1ccc(C)c(F)c1.Cc1ccc(C)cc1. The lowest BCUT2D eigenvalue weighted by Gasteiger charge is -2.30. The Kier molecular flexibility index (Phi) is 26.0. The molecule has 6 heteroatoms. The minimum absolute atomic E-state index is 0.0196. The molecule has 9 rings (SSSR count). The van der Waals surface area contributed by atoms with Crippen LogP contribution in [0.5, 0.6) is 0 Å². The molecule has 2 heterocycles. The molecule has 3 nitrogen and oxygen atoms in total. The summed E-state index contributed by atoms with van der Waals surface area (Å²) in [5, 5.41) is 0. The lowest BCUT2D eigenvalue weighted by molar-refractivity contribution is -0.187. The fourth-order valence-corrected chi connectivity index (χ4v) is 9.66. The molecule has 0 saturated carbocycles. The first-order valence-electron chi connectivity index (χ1n) is 27.0. The minimum Gasteiger partial charge on any atom is -0.378 e. The number of benzene rings is 5. The first-order valence-corrected chi connectivity index (χ1v) is 27.0. The van der Waals surface area contributed by atoms with E-state index < -0.39 is 11.6 Å². The largest absolute Gasteiger partial charge is 0.378 e. The van der Waals surface area contributed by atoms with Crippen LogP contribution in [0.25, 0.3) is 0 Å². The van der Waals surface area contributed by atoms with E-state index in [1.165, 1.54) is 103 Å². The third-order valence-corrected chi connectivity index (χ3v) is 14.9. The predicted octanol–water partition coefficient (Wildman–Crippen LogP) is 18.2. The van der Waals surface area contributed by atoms with Gasteiger partial charge >= 0.3 is 0 Å². The third-order valence-electron chi connectivity index (χ3n) is 14.9. The Morgan fingerprint density at radius 3 is 1.38 bits per heavy atom. The van der Waals surface area contributed by atoms with Crippen LogP contribution in [0.1, 0.15) is 169 Å². The van der Waals surface area contributed by atoms with Gasteiger partial charge in [-0.1, -0.05) is 94.3 Å². The van der Waals surface area contributed by atoms with Crippen LogP contribution in [-0.2, 0) is 33.5 Å². The average molecular weight is 993 g/mol. The standard InChI is InChI=1S/C15H22.C14H20.C8H8F2.C8H9F.C8H10.C7H14O.C6H12O2/c1-9-6-11(3)15-13(5)12(4)10(2)8-14(15)7-9;1-9-5-6-14-12(4)11(3)10(2)8-13(14)7-9;1-5-3-7(9)6(2)8(10)4-5;1-6-3-4-7(2)8(9)5-6;1-7-3-5-8(2)6-4-7;1-6-3-4-7(2)8-5-6;1-5-3-7-6(2)8-4-5/h8-9,11H,6-7H2,1-5H3;8-9H,5-7H2,1-4H3;3-4H,1-2H3;3-5H,1-2H3;3-6H,1-2H3;6-7H,3-5H2,1-2H3;5-6H,3-4H2,1-2H3. The minimum atomic E-state index is -0.475. The van der Waals surface area contributed by atoms with Crippen LogP contribution >= 0.6 is 0 Å². The van der Waals surface area contributed by atoms with E-state index in [2.05, 4.69) is 133 Å². The van der Waals surface area contributed by atoms with Crippen molar-refractivity contribution in [2.45, 2.75) is 195 Å². The summed E-state index contributed by atoms with van der Waals surface area (Å²) in [5.74, 6) is 2.79. The molecule has 0 N–H and O–H groups in total. The summed E-state index contributed by atoms with van der Waals surface area (Å²) in [6.07, 6.45) is 9.73. The molecule has 72 heavy (non-hydrogen) atoms. The molecule has 2 aliphatic carbocycles. The Bertz CT molecular complexity index is 2340. The summed E-state index contributed by atoms with van der Waals surface area (Å²) >= 11 is 0. The Morgan fingerprint density at radius 1 is 0.403 bits per heavy atom. The first kappa shape index (κ1) is 62.1. The number of rotatable bonds is 0. The molecule has 5 atom stereocenters. The van der Waals surface area contributed by atoms with E-state index in [1.54, 1.807) is 53.3 Å². The second-order valence-electron chi connectivity index (χ2n) is 22.3. The summed E-state index contributed by atoms with van der Waals surface area (Å²) in [6, 6.07) is 21.2. The molecule has 2 saturated heterocycles. The number of ether oxygens (including phenoxy) is 3. The summed E-state index contributed by atoms with van der Waals surface area (Å²) in [7, 11) is 0. The second kappa shape index (κ2) is 30.2. The smallest absolute Gasteiger partial charge is 0.154 e. The summed E-state index contributed by atoms with van der Waals surface area (Å²) in [5.41, 5.74) is 20.6. The van der Waals surface area contributed by atoms with Gasteiger partial charge in [-0.05, 0) is 256 Å². The molecular formula is C66H95F3O3. The molecule has 0 spiro atoms. The van der Waals surface area contributed by atoms with Gasteiger partial charge in [0.05, 0.1) is 19.3 Å². The number of aryl methyl sites for hydroxylation is 7. The number of halogens is 3. The zero-order valence-corrected chi connectivity index (χ0v) is 48.3. The van der Waals surface area contributed by atoms with Crippen LogP contribution in [-0.4, -0.2) is 32.2 Å². The Balaban J connectivity index is 0.000000225. The highest BCUT2D eigenvalue weighted by molar-refractivity contribution is 5.48. The van der Waals surface area contributed by atoms with E-state index in [4.69, 9.17) is 14.2 Å². The molecule has 0 aromatic heterocycles. The Morgan fingerprint density at radius 2 is 0.889 bits per heavy atom. The van der Waals surface area contributed by atoms with Gasteiger partial charge in [0.15, 0.2) is 6.29 Å². The highest BCUT2D eigenvalue weighted by Crippen LogP contribution is 2.38. The quantitative estimate of drug-likeness (QED) is 0.155. The highest BCUT2D eigenvalue weighted by atomic mass is 19.1. The fourth-order valence-electron chi connectivity index (χ4n) is 9.66. The topological polar surface area (TPSA) is 27.7 Å². The van der Waals surface area contributed by atoms with Gasteiger partial charge in [-0.15, -0.1) is 0 Å². The van der Waals surface area contributed by atoms with Crippen LogP contribution < -0.4 is 0 Å². The highest BCUT2D eigenvalue weighted by Gasteiger charge is 2.24. The molecule has 2 fully saturated rings. The lowest BCUT2D eigenvalue weighted by atomic mass is 9.75. The van der Waals surface area contributed by atoms with Crippen molar-refractivity contribution >= 4 is 0 Å². The van der Waals surface area contributed by atoms with E-state index in [1.807, 2.05) is 19.9 Å². The van der Waals surface area contributed by atoms with Gasteiger partial charge in [0, 0.05) is 18.1 Å². The van der Waals surface area contributed by atoms with Crippen molar-refractivity contribution in [3.8, 4) is 0 Å². The second-order valence-corrected chi connectivity index (χ2v) is 22.3. The molecule has 5 aromatic rings. The van der Waals surface area contributed by atoms with Gasteiger partial charge in [-0.2, -0.15) is 0 Å². The van der Waals surface area contributed by atoms with Crippen LogP contribution in [0, 0.1) is 124 Å². The molecular weight excluding hydrogens is 898 g/mol. The van der Waals surface area contributed by atoms with Crippen molar-refractivity contribution in [3.05, 3.63) is 173 Å². The maximum atomic E-state index is 12.6. The van der Waals surface area contributed by atoms with Crippen molar-refractivity contribution < 1.29 is 27.4 Å². The molecule has 4 aliphatic rings. The van der Waals surface area contributed by atoms with Gasteiger partial charge in [-0.25, -0.2) is 13.2 Å². The monoisotopic (exact) mass is 993 g/mol. The zero-order valence-electron chi connectivity index (χ0n) is 48.3. The fraction of sp³-hybridized carbons (Fsp3) is 0.545. The van der Waals surface area contributed by atoms with Crippen molar-refractivity contribution in [1.82, 2.24) is 0 Å². The van der Waals surface area contributed by atoms with E-state index in [0.29, 0.717) is 23.1 Å². The van der Waals surface area contributed by atoms with E-state index >= 15 is 0 Å².